The van der Waals surface area contributed by atoms with Crippen LogP contribution in [0.4, 0.5) is 5.69 Å². The molecule has 4 aromatic carbocycles. The highest BCUT2D eigenvalue weighted by atomic mass is 16.5. The molecular formula is C34H32N2O5. The summed E-state index contributed by atoms with van der Waals surface area (Å²) in [6, 6.07) is 30.8. The zero-order valence-corrected chi connectivity index (χ0v) is 23.4. The van der Waals surface area contributed by atoms with Crippen LogP contribution in [0.3, 0.4) is 0 Å². The van der Waals surface area contributed by atoms with Crippen LogP contribution in [0.1, 0.15) is 30.5 Å². The molecule has 41 heavy (non-hydrogen) atoms. The maximum atomic E-state index is 13.1. The standard InChI is InChI=1S/C34H32N2O5/c1-4-39-33-20-26(19-29-24(2)35-36(34(29)37)28-13-9-6-10-14-28)15-17-31(33)41-23-27-16-18-30(32(21-27)38-3)40-22-25-11-7-5-8-12-25/h5-21H,4,22-23H2,1-3H3/b29-19-. The Balaban J connectivity index is 1.28. The van der Waals surface area contributed by atoms with Crippen molar-refractivity contribution in [2.45, 2.75) is 27.1 Å². The Labute approximate surface area is 240 Å². The molecule has 1 amide bonds. The Hall–Kier alpha value is -5.04. The topological polar surface area (TPSA) is 69.6 Å². The number of ether oxygens (including phenoxy) is 4. The minimum absolute atomic E-state index is 0.169. The van der Waals surface area contributed by atoms with Gasteiger partial charge in [0.05, 0.1) is 30.7 Å². The van der Waals surface area contributed by atoms with Gasteiger partial charge in [-0.05, 0) is 73.0 Å². The van der Waals surface area contributed by atoms with Crippen LogP contribution in [-0.2, 0) is 18.0 Å². The van der Waals surface area contributed by atoms with Gasteiger partial charge in [0, 0.05) is 0 Å². The average Bonchev–Trinajstić information content (AvgIpc) is 3.29. The first-order chi connectivity index (χ1) is 20.1. The molecule has 7 nitrogen and oxygen atoms in total. The summed E-state index contributed by atoms with van der Waals surface area (Å²) in [6.45, 7) is 4.99. The number of carbonyl (C=O) groups excluding carboxylic acids is 1. The largest absolute Gasteiger partial charge is 0.493 e. The lowest BCUT2D eigenvalue weighted by Crippen LogP contribution is -2.21. The van der Waals surface area contributed by atoms with Crippen LogP contribution in [0, 0.1) is 0 Å². The average molecular weight is 549 g/mol. The monoisotopic (exact) mass is 548 g/mol. The molecule has 0 radical (unpaired) electrons. The molecule has 4 aromatic rings. The van der Waals surface area contributed by atoms with Crippen molar-refractivity contribution < 1.29 is 23.7 Å². The van der Waals surface area contributed by atoms with E-state index in [2.05, 4.69) is 5.10 Å². The molecule has 0 saturated heterocycles. The summed E-state index contributed by atoms with van der Waals surface area (Å²) in [5.41, 5.74) is 4.74. The van der Waals surface area contributed by atoms with Crippen molar-refractivity contribution in [2.75, 3.05) is 18.7 Å². The number of hydrazone groups is 1. The summed E-state index contributed by atoms with van der Waals surface area (Å²) in [4.78, 5) is 13.1. The first-order valence-electron chi connectivity index (χ1n) is 13.5. The van der Waals surface area contributed by atoms with Crippen LogP contribution < -0.4 is 24.0 Å². The third kappa shape index (κ3) is 6.58. The number of benzene rings is 4. The number of carbonyl (C=O) groups is 1. The van der Waals surface area contributed by atoms with Crippen molar-refractivity contribution in [3.8, 4) is 23.0 Å². The van der Waals surface area contributed by atoms with Gasteiger partial charge in [0.2, 0.25) is 0 Å². The quantitative estimate of drug-likeness (QED) is 0.188. The van der Waals surface area contributed by atoms with Crippen molar-refractivity contribution >= 4 is 23.4 Å². The fourth-order valence-corrected chi connectivity index (χ4v) is 4.41. The van der Waals surface area contributed by atoms with Gasteiger partial charge < -0.3 is 18.9 Å². The molecule has 0 saturated carbocycles. The van der Waals surface area contributed by atoms with E-state index in [4.69, 9.17) is 18.9 Å². The number of para-hydroxylation sites is 1. The highest BCUT2D eigenvalue weighted by molar-refractivity contribution is 6.32. The van der Waals surface area contributed by atoms with Crippen molar-refractivity contribution in [3.05, 3.63) is 119 Å². The van der Waals surface area contributed by atoms with E-state index in [0.717, 1.165) is 22.4 Å². The van der Waals surface area contributed by atoms with E-state index in [1.165, 1.54) is 5.01 Å². The number of nitrogens with zero attached hydrogens (tertiary/aromatic N) is 2. The predicted octanol–water partition coefficient (Wildman–Crippen LogP) is 7.06. The van der Waals surface area contributed by atoms with Crippen molar-refractivity contribution in [3.63, 3.8) is 0 Å². The first-order valence-corrected chi connectivity index (χ1v) is 13.5. The van der Waals surface area contributed by atoms with Gasteiger partial charge in [-0.15, -0.1) is 0 Å². The fraction of sp³-hybridized carbons (Fsp3) is 0.176. The van der Waals surface area contributed by atoms with Crippen molar-refractivity contribution in [1.29, 1.82) is 0 Å². The Bertz CT molecular complexity index is 1570. The zero-order valence-electron chi connectivity index (χ0n) is 23.4. The van der Waals surface area contributed by atoms with E-state index in [1.807, 2.05) is 117 Å². The van der Waals surface area contributed by atoms with Gasteiger partial charge in [-0.3, -0.25) is 4.79 Å². The van der Waals surface area contributed by atoms with Crippen LogP contribution in [0.15, 0.2) is 108 Å². The summed E-state index contributed by atoms with van der Waals surface area (Å²) in [6.07, 6.45) is 1.83. The van der Waals surface area contributed by atoms with Crippen LogP contribution in [-0.4, -0.2) is 25.3 Å². The lowest BCUT2D eigenvalue weighted by molar-refractivity contribution is -0.114. The van der Waals surface area contributed by atoms with E-state index in [0.29, 0.717) is 54.1 Å². The fourth-order valence-electron chi connectivity index (χ4n) is 4.41. The smallest absolute Gasteiger partial charge is 0.280 e. The highest BCUT2D eigenvalue weighted by Gasteiger charge is 2.28. The summed E-state index contributed by atoms with van der Waals surface area (Å²) >= 11 is 0. The highest BCUT2D eigenvalue weighted by Crippen LogP contribution is 2.33. The van der Waals surface area contributed by atoms with Crippen LogP contribution in [0.5, 0.6) is 23.0 Å². The molecule has 0 unspecified atom stereocenters. The number of rotatable bonds is 11. The molecular weight excluding hydrogens is 516 g/mol. The molecule has 208 valence electrons. The maximum absolute atomic E-state index is 13.1. The van der Waals surface area contributed by atoms with Gasteiger partial charge in [-0.1, -0.05) is 60.7 Å². The number of hydrogen-bond donors (Lipinski definition) is 0. The minimum atomic E-state index is -0.169. The van der Waals surface area contributed by atoms with E-state index >= 15 is 0 Å². The second-order valence-electron chi connectivity index (χ2n) is 9.38. The Morgan fingerprint density at radius 1 is 0.732 bits per heavy atom. The van der Waals surface area contributed by atoms with Gasteiger partial charge in [0.25, 0.3) is 5.91 Å². The SMILES string of the molecule is CCOc1cc(/C=C2\C(=O)N(c3ccccc3)N=C2C)ccc1OCc1ccc(OCc2ccccc2)c(OC)c1. The summed E-state index contributed by atoms with van der Waals surface area (Å²) in [5, 5.41) is 5.89. The lowest BCUT2D eigenvalue weighted by Gasteiger charge is -2.15. The molecule has 0 spiro atoms. The summed E-state index contributed by atoms with van der Waals surface area (Å²) in [7, 11) is 1.62. The van der Waals surface area contributed by atoms with Gasteiger partial charge in [-0.25, -0.2) is 0 Å². The second kappa shape index (κ2) is 12.9. The molecule has 0 atom stereocenters. The normalized spacial score (nSPS) is 13.7. The van der Waals surface area contributed by atoms with Crippen LogP contribution in [0.25, 0.3) is 6.08 Å². The Morgan fingerprint density at radius 2 is 1.39 bits per heavy atom. The van der Waals surface area contributed by atoms with E-state index in [-0.39, 0.29) is 5.91 Å². The number of methoxy groups -OCH3 is 1. The van der Waals surface area contributed by atoms with Crippen LogP contribution in [0.2, 0.25) is 0 Å². The van der Waals surface area contributed by atoms with Crippen LogP contribution >= 0.6 is 0 Å². The summed E-state index contributed by atoms with van der Waals surface area (Å²) < 4.78 is 23.6. The maximum Gasteiger partial charge on any atom is 0.280 e. The molecule has 0 bridgehead atoms. The molecule has 5 rings (SSSR count). The molecule has 1 aliphatic heterocycles. The lowest BCUT2D eigenvalue weighted by atomic mass is 10.1. The van der Waals surface area contributed by atoms with Gasteiger partial charge >= 0.3 is 0 Å². The molecule has 1 heterocycles. The van der Waals surface area contributed by atoms with Gasteiger partial charge in [0.1, 0.15) is 13.2 Å². The molecule has 0 aliphatic carbocycles. The molecule has 1 aliphatic rings. The Kier molecular flexibility index (Phi) is 8.64. The second-order valence-corrected chi connectivity index (χ2v) is 9.38. The molecule has 0 aromatic heterocycles. The van der Waals surface area contributed by atoms with Crippen molar-refractivity contribution in [2.24, 2.45) is 5.10 Å². The van der Waals surface area contributed by atoms with Gasteiger partial charge in [0.15, 0.2) is 23.0 Å². The Morgan fingerprint density at radius 3 is 2.10 bits per heavy atom. The number of amides is 1. The van der Waals surface area contributed by atoms with E-state index < -0.39 is 0 Å². The summed E-state index contributed by atoms with van der Waals surface area (Å²) in [5.74, 6) is 2.33. The number of anilines is 1. The third-order valence-electron chi connectivity index (χ3n) is 6.50. The van der Waals surface area contributed by atoms with E-state index in [9.17, 15) is 4.79 Å². The van der Waals surface area contributed by atoms with Crippen molar-refractivity contribution in [1.82, 2.24) is 0 Å². The number of hydrogen-bond acceptors (Lipinski definition) is 6. The molecule has 7 heteroatoms. The minimum Gasteiger partial charge on any atom is -0.493 e. The molecule has 0 N–H and O–H groups in total. The molecule has 0 fully saturated rings. The first kappa shape index (κ1) is 27.5. The predicted molar refractivity (Wildman–Crippen MR) is 161 cm³/mol. The zero-order chi connectivity index (χ0) is 28.6. The third-order valence-corrected chi connectivity index (χ3v) is 6.50. The van der Waals surface area contributed by atoms with E-state index in [1.54, 1.807) is 7.11 Å². The van der Waals surface area contributed by atoms with Gasteiger partial charge in [-0.2, -0.15) is 10.1 Å².